The zero-order valence-corrected chi connectivity index (χ0v) is 9.93. The fourth-order valence-corrected chi connectivity index (χ4v) is 2.05. The van der Waals surface area contributed by atoms with E-state index < -0.39 is 5.41 Å². The second-order valence-electron chi connectivity index (χ2n) is 4.00. The second-order valence-corrected chi connectivity index (χ2v) is 4.00. The van der Waals surface area contributed by atoms with Gasteiger partial charge >= 0.3 is 5.97 Å². The molecule has 0 aromatic heterocycles. The van der Waals surface area contributed by atoms with Crippen molar-refractivity contribution in [3.05, 3.63) is 60.2 Å². The van der Waals surface area contributed by atoms with E-state index in [1.54, 1.807) is 0 Å². The van der Waals surface area contributed by atoms with Crippen LogP contribution in [-0.4, -0.2) is 12.6 Å². The van der Waals surface area contributed by atoms with Crippen molar-refractivity contribution in [3.8, 4) is 0 Å². The molecule has 17 heavy (non-hydrogen) atoms. The van der Waals surface area contributed by atoms with Crippen molar-refractivity contribution in [1.29, 1.82) is 0 Å². The summed E-state index contributed by atoms with van der Waals surface area (Å²) in [6.07, 6.45) is 8.74. The predicted molar refractivity (Wildman–Crippen MR) is 67.7 cm³/mol. The first kappa shape index (κ1) is 11.6. The topological polar surface area (TPSA) is 26.3 Å². The molecule has 0 bridgehead atoms. The number of esters is 1. The molecule has 2 nitrogen and oxygen atoms in total. The van der Waals surface area contributed by atoms with E-state index in [-0.39, 0.29) is 5.97 Å². The van der Waals surface area contributed by atoms with Crippen LogP contribution in [0.3, 0.4) is 0 Å². The van der Waals surface area contributed by atoms with E-state index >= 15 is 0 Å². The van der Waals surface area contributed by atoms with E-state index in [1.165, 1.54) is 0 Å². The first-order valence-electron chi connectivity index (χ1n) is 5.88. The van der Waals surface area contributed by atoms with Crippen LogP contribution in [0.25, 0.3) is 0 Å². The highest BCUT2D eigenvalue weighted by atomic mass is 16.5. The summed E-state index contributed by atoms with van der Waals surface area (Å²) in [5.74, 6) is -0.210. The molecule has 0 fully saturated rings. The minimum Gasteiger partial charge on any atom is -0.465 e. The lowest BCUT2D eigenvalue weighted by molar-refractivity contribution is -0.146. The van der Waals surface area contributed by atoms with Gasteiger partial charge in [-0.05, 0) is 18.9 Å². The van der Waals surface area contributed by atoms with Gasteiger partial charge in [-0.1, -0.05) is 54.6 Å². The molecule has 0 amide bonds. The van der Waals surface area contributed by atoms with Crippen LogP contribution in [0, 0.1) is 0 Å². The van der Waals surface area contributed by atoms with Crippen LogP contribution in [-0.2, 0) is 14.9 Å². The van der Waals surface area contributed by atoms with Crippen LogP contribution in [0.15, 0.2) is 54.6 Å². The number of ether oxygens (including phenoxy) is 1. The van der Waals surface area contributed by atoms with Gasteiger partial charge in [-0.3, -0.25) is 4.79 Å². The number of benzene rings is 1. The van der Waals surface area contributed by atoms with E-state index in [1.807, 2.05) is 61.6 Å². The Morgan fingerprint density at radius 2 is 1.88 bits per heavy atom. The summed E-state index contributed by atoms with van der Waals surface area (Å²) in [7, 11) is 0. The Kier molecular flexibility index (Phi) is 3.43. The van der Waals surface area contributed by atoms with Gasteiger partial charge < -0.3 is 4.74 Å². The number of rotatable bonds is 3. The number of carbonyl (C=O) groups excluding carboxylic acids is 1. The summed E-state index contributed by atoms with van der Waals surface area (Å²) in [6.45, 7) is 2.22. The first-order valence-corrected chi connectivity index (χ1v) is 5.88. The molecule has 0 unspecified atom stereocenters. The van der Waals surface area contributed by atoms with Gasteiger partial charge in [0.2, 0.25) is 0 Å². The minimum absolute atomic E-state index is 0.210. The van der Waals surface area contributed by atoms with Crippen LogP contribution in [0.4, 0.5) is 0 Å². The summed E-state index contributed by atoms with van der Waals surface area (Å²) in [5.41, 5.74) is 0.209. The van der Waals surface area contributed by atoms with Gasteiger partial charge in [-0.15, -0.1) is 0 Å². The first-order chi connectivity index (χ1) is 8.29. The maximum Gasteiger partial charge on any atom is 0.324 e. The number of allylic oxidation sites excluding steroid dienone is 2. The fraction of sp³-hybridized carbons (Fsp3) is 0.267. The van der Waals surface area contributed by atoms with Gasteiger partial charge in [-0.2, -0.15) is 0 Å². The number of carbonyl (C=O) groups is 1. The van der Waals surface area contributed by atoms with Gasteiger partial charge in [0.05, 0.1) is 6.61 Å². The molecular formula is C15H16O2. The molecule has 0 spiro atoms. The Labute approximate surface area is 102 Å². The van der Waals surface area contributed by atoms with E-state index in [0.29, 0.717) is 6.61 Å². The largest absolute Gasteiger partial charge is 0.465 e. The smallest absolute Gasteiger partial charge is 0.324 e. The maximum atomic E-state index is 12.2. The van der Waals surface area contributed by atoms with Crippen molar-refractivity contribution >= 4 is 5.97 Å². The molecule has 1 aliphatic rings. The monoisotopic (exact) mass is 228 g/mol. The van der Waals surface area contributed by atoms with Crippen molar-refractivity contribution in [1.82, 2.24) is 0 Å². The Hall–Kier alpha value is -1.83. The molecule has 2 heteroatoms. The number of hydrogen-bond donors (Lipinski definition) is 0. The van der Waals surface area contributed by atoms with Crippen LogP contribution in [0.5, 0.6) is 0 Å². The summed E-state index contributed by atoms with van der Waals surface area (Å²) >= 11 is 0. The standard InChI is InChI=1S/C15H16O2/c1-2-17-14(16)15(11-7-4-8-12-15)13-9-5-3-6-10-13/h3,5-12H,2,4H2,1H3. The summed E-state index contributed by atoms with van der Waals surface area (Å²) in [5, 5.41) is 0. The van der Waals surface area contributed by atoms with Crippen LogP contribution in [0.2, 0.25) is 0 Å². The molecule has 0 aliphatic heterocycles. The Morgan fingerprint density at radius 3 is 2.47 bits per heavy atom. The van der Waals surface area contributed by atoms with Gasteiger partial charge in [0.1, 0.15) is 5.41 Å². The van der Waals surface area contributed by atoms with Crippen molar-refractivity contribution in [2.75, 3.05) is 6.61 Å². The van der Waals surface area contributed by atoms with Crippen LogP contribution in [0.1, 0.15) is 18.9 Å². The lowest BCUT2D eigenvalue weighted by Gasteiger charge is -2.27. The average molecular weight is 228 g/mol. The third-order valence-corrected chi connectivity index (χ3v) is 2.90. The van der Waals surface area contributed by atoms with Crippen molar-refractivity contribution < 1.29 is 9.53 Å². The SMILES string of the molecule is CCOC(=O)C1(c2ccccc2)C=CCC=C1. The third kappa shape index (κ3) is 2.16. The van der Waals surface area contributed by atoms with E-state index in [9.17, 15) is 4.79 Å². The minimum atomic E-state index is -0.741. The molecule has 88 valence electrons. The summed E-state index contributed by atoms with van der Waals surface area (Å²) in [4.78, 5) is 12.2. The molecule has 2 rings (SSSR count). The molecule has 0 N–H and O–H groups in total. The maximum absolute atomic E-state index is 12.2. The molecule has 1 aromatic rings. The molecule has 0 atom stereocenters. The van der Waals surface area contributed by atoms with Crippen molar-refractivity contribution in [2.24, 2.45) is 0 Å². The van der Waals surface area contributed by atoms with Crippen LogP contribution >= 0.6 is 0 Å². The van der Waals surface area contributed by atoms with Gasteiger partial charge in [0, 0.05) is 0 Å². The molecule has 0 saturated carbocycles. The van der Waals surface area contributed by atoms with Crippen LogP contribution < -0.4 is 0 Å². The third-order valence-electron chi connectivity index (χ3n) is 2.90. The highest BCUT2D eigenvalue weighted by Crippen LogP contribution is 2.32. The summed E-state index contributed by atoms with van der Waals surface area (Å²) in [6, 6.07) is 9.73. The van der Waals surface area contributed by atoms with E-state index in [4.69, 9.17) is 4.74 Å². The molecule has 0 saturated heterocycles. The summed E-state index contributed by atoms with van der Waals surface area (Å²) < 4.78 is 5.20. The zero-order chi connectivity index (χ0) is 12.1. The fourth-order valence-electron chi connectivity index (χ4n) is 2.05. The van der Waals surface area contributed by atoms with E-state index in [0.717, 1.165) is 12.0 Å². The Bertz CT molecular complexity index is 431. The molecule has 1 aliphatic carbocycles. The lowest BCUT2D eigenvalue weighted by Crippen LogP contribution is -2.34. The molecule has 0 heterocycles. The van der Waals surface area contributed by atoms with Gasteiger partial charge in [-0.25, -0.2) is 0 Å². The predicted octanol–water partition coefficient (Wildman–Crippen LogP) is 3.00. The number of hydrogen-bond acceptors (Lipinski definition) is 2. The lowest BCUT2D eigenvalue weighted by atomic mass is 9.77. The Balaban J connectivity index is 2.44. The molecular weight excluding hydrogens is 212 g/mol. The second kappa shape index (κ2) is 5.00. The highest BCUT2D eigenvalue weighted by molar-refractivity contribution is 5.88. The quantitative estimate of drug-likeness (QED) is 0.587. The normalized spacial score (nSPS) is 16.8. The van der Waals surface area contributed by atoms with Crippen molar-refractivity contribution in [3.63, 3.8) is 0 Å². The van der Waals surface area contributed by atoms with Crippen molar-refractivity contribution in [2.45, 2.75) is 18.8 Å². The average Bonchev–Trinajstić information content (AvgIpc) is 2.41. The molecule has 1 aromatic carbocycles. The highest BCUT2D eigenvalue weighted by Gasteiger charge is 2.37. The zero-order valence-electron chi connectivity index (χ0n) is 9.93. The Morgan fingerprint density at radius 1 is 1.24 bits per heavy atom. The van der Waals surface area contributed by atoms with Gasteiger partial charge in [0.15, 0.2) is 0 Å². The van der Waals surface area contributed by atoms with E-state index in [2.05, 4.69) is 0 Å². The van der Waals surface area contributed by atoms with Gasteiger partial charge in [0.25, 0.3) is 0 Å². The molecule has 0 radical (unpaired) electrons.